The lowest BCUT2D eigenvalue weighted by Crippen LogP contribution is -2.20. The van der Waals surface area contributed by atoms with E-state index in [1.54, 1.807) is 0 Å². The van der Waals surface area contributed by atoms with Gasteiger partial charge in [0.05, 0.1) is 6.54 Å². The van der Waals surface area contributed by atoms with Gasteiger partial charge in [-0.05, 0) is 37.8 Å². The first-order valence-electron chi connectivity index (χ1n) is 7.61. The van der Waals surface area contributed by atoms with E-state index in [-0.39, 0.29) is 0 Å². The van der Waals surface area contributed by atoms with Crippen LogP contribution >= 0.6 is 0 Å². The van der Waals surface area contributed by atoms with Gasteiger partial charge in [0.1, 0.15) is 11.5 Å². The van der Waals surface area contributed by atoms with Crippen LogP contribution in [0.1, 0.15) is 44.3 Å². The summed E-state index contributed by atoms with van der Waals surface area (Å²) in [5.74, 6) is 3.79. The quantitative estimate of drug-likeness (QED) is 0.800. The van der Waals surface area contributed by atoms with Crippen LogP contribution in [0.5, 0.6) is 0 Å². The normalized spacial score (nSPS) is 24.2. The highest BCUT2D eigenvalue weighted by molar-refractivity contribution is 5.21. The summed E-state index contributed by atoms with van der Waals surface area (Å²) in [6, 6.07) is 2.23. The molecule has 0 aromatic carbocycles. The Kier molecular flexibility index (Phi) is 5.06. The van der Waals surface area contributed by atoms with Gasteiger partial charge in [-0.3, -0.25) is 4.90 Å². The van der Waals surface area contributed by atoms with Crippen molar-refractivity contribution in [2.75, 3.05) is 19.6 Å². The van der Waals surface area contributed by atoms with E-state index in [1.807, 2.05) is 0 Å². The van der Waals surface area contributed by atoms with Crippen molar-refractivity contribution in [2.45, 2.75) is 47.2 Å². The summed E-state index contributed by atoms with van der Waals surface area (Å²) >= 11 is 0. The van der Waals surface area contributed by atoms with Gasteiger partial charge in [0.25, 0.3) is 0 Å². The molecular formula is C16H28N2O. The Hall–Kier alpha value is -0.800. The van der Waals surface area contributed by atoms with Crippen molar-refractivity contribution < 1.29 is 4.42 Å². The van der Waals surface area contributed by atoms with E-state index >= 15 is 0 Å². The molecule has 2 rings (SSSR count). The van der Waals surface area contributed by atoms with Gasteiger partial charge in [-0.15, -0.1) is 0 Å². The van der Waals surface area contributed by atoms with Gasteiger partial charge in [-0.1, -0.05) is 20.8 Å². The zero-order valence-corrected chi connectivity index (χ0v) is 12.8. The monoisotopic (exact) mass is 264 g/mol. The van der Waals surface area contributed by atoms with E-state index in [0.29, 0.717) is 0 Å². The second kappa shape index (κ2) is 6.58. The van der Waals surface area contributed by atoms with Gasteiger partial charge in [-0.25, -0.2) is 0 Å². The fourth-order valence-corrected chi connectivity index (χ4v) is 2.84. The highest BCUT2D eigenvalue weighted by atomic mass is 16.3. The molecule has 1 aliphatic heterocycles. The average molecular weight is 264 g/mol. The van der Waals surface area contributed by atoms with Crippen molar-refractivity contribution in [2.24, 2.45) is 11.8 Å². The Morgan fingerprint density at radius 1 is 1.32 bits per heavy atom. The van der Waals surface area contributed by atoms with E-state index in [4.69, 9.17) is 4.42 Å². The minimum Gasteiger partial charge on any atom is -0.465 e. The summed E-state index contributed by atoms with van der Waals surface area (Å²) < 4.78 is 5.84. The summed E-state index contributed by atoms with van der Waals surface area (Å²) in [7, 11) is 0. The third-order valence-corrected chi connectivity index (χ3v) is 4.26. The number of aryl methyl sites for hydroxylation is 1. The van der Waals surface area contributed by atoms with Crippen molar-refractivity contribution >= 4 is 0 Å². The van der Waals surface area contributed by atoms with Gasteiger partial charge >= 0.3 is 0 Å². The van der Waals surface area contributed by atoms with Gasteiger partial charge < -0.3 is 9.73 Å². The number of hydrogen-bond acceptors (Lipinski definition) is 3. The number of rotatable bonds is 6. The molecule has 3 nitrogen and oxygen atoms in total. The van der Waals surface area contributed by atoms with Crippen LogP contribution in [0.3, 0.4) is 0 Å². The second-order valence-electron chi connectivity index (χ2n) is 6.12. The molecule has 1 aromatic rings. The molecule has 0 amide bonds. The van der Waals surface area contributed by atoms with E-state index in [1.165, 1.54) is 18.7 Å². The largest absolute Gasteiger partial charge is 0.465 e. The molecule has 2 unspecified atom stereocenters. The van der Waals surface area contributed by atoms with Gasteiger partial charge in [0.2, 0.25) is 0 Å². The van der Waals surface area contributed by atoms with E-state index in [9.17, 15) is 0 Å². The maximum Gasteiger partial charge on any atom is 0.118 e. The fraction of sp³-hybridized carbons (Fsp3) is 0.750. The zero-order chi connectivity index (χ0) is 13.8. The Bertz CT molecular complexity index is 389. The van der Waals surface area contributed by atoms with Crippen LogP contribution in [-0.2, 0) is 13.1 Å². The standard InChI is InChI=1S/C16H28N2O/c1-5-6-17-8-16-7-15(14(4)19-16)11-18-9-12(2)13(3)10-18/h7,12-13,17H,5-6,8-11H2,1-4H3. The molecule has 3 heteroatoms. The highest BCUT2D eigenvalue weighted by Crippen LogP contribution is 2.25. The molecule has 0 spiro atoms. The van der Waals surface area contributed by atoms with Crippen molar-refractivity contribution in [1.29, 1.82) is 0 Å². The van der Waals surface area contributed by atoms with Crippen LogP contribution in [0.2, 0.25) is 0 Å². The predicted octanol–water partition coefficient (Wildman–Crippen LogP) is 3.18. The first-order valence-corrected chi connectivity index (χ1v) is 7.61. The lowest BCUT2D eigenvalue weighted by atomic mass is 10.0. The second-order valence-corrected chi connectivity index (χ2v) is 6.12. The average Bonchev–Trinajstić information content (AvgIpc) is 2.85. The van der Waals surface area contributed by atoms with Crippen LogP contribution in [0.4, 0.5) is 0 Å². The Morgan fingerprint density at radius 3 is 2.63 bits per heavy atom. The maximum absolute atomic E-state index is 5.84. The predicted molar refractivity (Wildman–Crippen MR) is 79.0 cm³/mol. The van der Waals surface area contributed by atoms with Crippen molar-refractivity contribution in [3.05, 3.63) is 23.2 Å². The summed E-state index contributed by atoms with van der Waals surface area (Å²) in [6.45, 7) is 14.4. The summed E-state index contributed by atoms with van der Waals surface area (Å²) in [5.41, 5.74) is 1.36. The molecule has 1 N–H and O–H groups in total. The summed E-state index contributed by atoms with van der Waals surface area (Å²) in [6.07, 6.45) is 1.16. The minimum atomic E-state index is 0.817. The van der Waals surface area contributed by atoms with Crippen LogP contribution in [0, 0.1) is 18.8 Å². The Morgan fingerprint density at radius 2 is 2.00 bits per heavy atom. The Labute approximate surface area is 117 Å². The van der Waals surface area contributed by atoms with E-state index in [0.717, 1.165) is 49.4 Å². The summed E-state index contributed by atoms with van der Waals surface area (Å²) in [4.78, 5) is 2.55. The van der Waals surface area contributed by atoms with Crippen LogP contribution in [-0.4, -0.2) is 24.5 Å². The molecule has 1 aliphatic rings. The molecular weight excluding hydrogens is 236 g/mol. The SMILES string of the molecule is CCCNCc1cc(CN2CC(C)C(C)C2)c(C)o1. The first kappa shape index (κ1) is 14.6. The van der Waals surface area contributed by atoms with Crippen LogP contribution in [0.25, 0.3) is 0 Å². The molecule has 0 aliphatic carbocycles. The molecule has 19 heavy (non-hydrogen) atoms. The number of hydrogen-bond donors (Lipinski definition) is 1. The number of furan rings is 1. The van der Waals surface area contributed by atoms with Crippen molar-refractivity contribution in [3.63, 3.8) is 0 Å². The smallest absolute Gasteiger partial charge is 0.118 e. The van der Waals surface area contributed by atoms with Gasteiger partial charge in [0, 0.05) is 25.2 Å². The third kappa shape index (κ3) is 3.83. The molecule has 2 heterocycles. The van der Waals surface area contributed by atoms with Crippen LogP contribution < -0.4 is 5.32 Å². The molecule has 0 radical (unpaired) electrons. The molecule has 1 saturated heterocycles. The lowest BCUT2D eigenvalue weighted by molar-refractivity contribution is 0.313. The van der Waals surface area contributed by atoms with Crippen molar-refractivity contribution in [1.82, 2.24) is 10.2 Å². The molecule has 108 valence electrons. The van der Waals surface area contributed by atoms with Gasteiger partial charge in [-0.2, -0.15) is 0 Å². The van der Waals surface area contributed by atoms with E-state index in [2.05, 4.69) is 44.0 Å². The third-order valence-electron chi connectivity index (χ3n) is 4.26. The molecule has 0 bridgehead atoms. The zero-order valence-electron chi connectivity index (χ0n) is 12.8. The lowest BCUT2D eigenvalue weighted by Gasteiger charge is -2.14. The first-order chi connectivity index (χ1) is 9.10. The van der Waals surface area contributed by atoms with Crippen LogP contribution in [0.15, 0.2) is 10.5 Å². The highest BCUT2D eigenvalue weighted by Gasteiger charge is 2.26. The number of nitrogens with zero attached hydrogens (tertiary/aromatic N) is 1. The number of nitrogens with one attached hydrogen (secondary N) is 1. The van der Waals surface area contributed by atoms with Crippen molar-refractivity contribution in [3.8, 4) is 0 Å². The number of likely N-dealkylation sites (tertiary alicyclic amines) is 1. The molecule has 1 fully saturated rings. The molecule has 0 saturated carbocycles. The van der Waals surface area contributed by atoms with E-state index < -0.39 is 0 Å². The molecule has 1 aromatic heterocycles. The van der Waals surface area contributed by atoms with Gasteiger partial charge in [0.15, 0.2) is 0 Å². The topological polar surface area (TPSA) is 28.4 Å². The molecule has 2 atom stereocenters. The summed E-state index contributed by atoms with van der Waals surface area (Å²) in [5, 5.41) is 3.39. The minimum absolute atomic E-state index is 0.817. The Balaban J connectivity index is 1.90. The fourth-order valence-electron chi connectivity index (χ4n) is 2.84. The maximum atomic E-state index is 5.84.